The predicted molar refractivity (Wildman–Crippen MR) is 85.4 cm³/mol. The van der Waals surface area contributed by atoms with Crippen molar-refractivity contribution in [1.29, 1.82) is 0 Å². The highest BCUT2D eigenvalue weighted by Crippen LogP contribution is 2.31. The lowest BCUT2D eigenvalue weighted by molar-refractivity contribution is 0.458. The molecule has 1 aliphatic rings. The number of rotatable bonds is 3. The molecule has 2 aromatic heterocycles. The zero-order chi connectivity index (χ0) is 15.6. The van der Waals surface area contributed by atoms with Gasteiger partial charge in [0, 0.05) is 6.20 Å². The fourth-order valence-corrected chi connectivity index (χ4v) is 3.64. The molecule has 0 saturated heterocycles. The van der Waals surface area contributed by atoms with Gasteiger partial charge in [-0.05, 0) is 23.8 Å². The third-order valence-electron chi connectivity index (χ3n) is 3.39. The van der Waals surface area contributed by atoms with E-state index in [2.05, 4.69) is 15.0 Å². The van der Waals surface area contributed by atoms with Gasteiger partial charge in [0.15, 0.2) is 16.8 Å². The summed E-state index contributed by atoms with van der Waals surface area (Å²) in [4.78, 5) is 13.3. The first-order valence-electron chi connectivity index (χ1n) is 6.98. The van der Waals surface area contributed by atoms with E-state index in [1.165, 1.54) is 6.20 Å². The van der Waals surface area contributed by atoms with Crippen LogP contribution in [0.3, 0.4) is 0 Å². The number of hydrogen-bond donors (Lipinski definition) is 0. The first kappa shape index (κ1) is 13.8. The molecule has 0 spiro atoms. The summed E-state index contributed by atoms with van der Waals surface area (Å²) in [6.07, 6.45) is 6.36. The van der Waals surface area contributed by atoms with Crippen LogP contribution in [0.15, 0.2) is 66.1 Å². The lowest BCUT2D eigenvalue weighted by Crippen LogP contribution is -2.19. The van der Waals surface area contributed by atoms with Crippen molar-refractivity contribution in [3.8, 4) is 11.6 Å². The number of nitrogens with zero attached hydrogens (tertiary/aromatic N) is 4. The normalized spacial score (nSPS) is 16.2. The molecule has 1 atom stereocenters. The Morgan fingerprint density at radius 3 is 2.78 bits per heavy atom. The minimum Gasteiger partial charge on any atom is -0.436 e. The van der Waals surface area contributed by atoms with Crippen LogP contribution in [0.5, 0.6) is 11.6 Å². The fourth-order valence-electron chi connectivity index (χ4n) is 2.34. The van der Waals surface area contributed by atoms with Gasteiger partial charge in [0.2, 0.25) is 5.88 Å². The number of aromatic nitrogens is 3. The summed E-state index contributed by atoms with van der Waals surface area (Å²) in [6, 6.07) is 11.2. The third kappa shape index (κ3) is 2.66. The number of fused-ring (bicyclic) bond motifs is 1. The molecule has 3 aromatic rings. The predicted octanol–water partition coefficient (Wildman–Crippen LogP) is 2.71. The quantitative estimate of drug-likeness (QED) is 0.741. The first-order chi connectivity index (χ1) is 11.3. The lowest BCUT2D eigenvalue weighted by atomic mass is 10.2. The van der Waals surface area contributed by atoms with E-state index in [1.54, 1.807) is 35.0 Å². The molecule has 0 aliphatic carbocycles. The molecule has 3 heterocycles. The highest BCUT2D eigenvalue weighted by molar-refractivity contribution is 7.86. The van der Waals surface area contributed by atoms with Gasteiger partial charge in [-0.25, -0.2) is 4.21 Å². The Balaban J connectivity index is 1.62. The number of ether oxygens (including phenoxy) is 1. The summed E-state index contributed by atoms with van der Waals surface area (Å²) < 4.78 is 19.9. The van der Waals surface area contributed by atoms with Gasteiger partial charge in [-0.3, -0.25) is 14.3 Å². The van der Waals surface area contributed by atoms with Gasteiger partial charge in [0.1, 0.15) is 5.75 Å². The third-order valence-corrected chi connectivity index (χ3v) is 4.88. The van der Waals surface area contributed by atoms with Crippen molar-refractivity contribution in [1.82, 2.24) is 15.0 Å². The zero-order valence-corrected chi connectivity index (χ0v) is 12.8. The molecule has 6 nitrogen and oxygen atoms in total. The minimum atomic E-state index is -1.28. The zero-order valence-electron chi connectivity index (χ0n) is 12.0. The van der Waals surface area contributed by atoms with E-state index in [0.717, 1.165) is 10.5 Å². The molecule has 0 radical (unpaired) electrons. The van der Waals surface area contributed by atoms with Crippen molar-refractivity contribution in [3.63, 3.8) is 0 Å². The maximum absolute atomic E-state index is 12.6. The molecule has 7 heteroatoms. The van der Waals surface area contributed by atoms with Crippen molar-refractivity contribution in [2.75, 3.05) is 4.31 Å². The van der Waals surface area contributed by atoms with Gasteiger partial charge >= 0.3 is 0 Å². The molecule has 0 bridgehead atoms. The van der Waals surface area contributed by atoms with Gasteiger partial charge in [-0.2, -0.15) is 4.98 Å². The van der Waals surface area contributed by atoms with Gasteiger partial charge in [-0.1, -0.05) is 18.2 Å². The molecule has 0 saturated carbocycles. The Morgan fingerprint density at radius 1 is 1.04 bits per heavy atom. The summed E-state index contributed by atoms with van der Waals surface area (Å²) in [5.74, 6) is 1.43. The summed E-state index contributed by atoms with van der Waals surface area (Å²) in [5.41, 5.74) is 1.03. The number of benzene rings is 1. The van der Waals surface area contributed by atoms with E-state index in [9.17, 15) is 4.21 Å². The van der Waals surface area contributed by atoms with Crippen LogP contribution >= 0.6 is 0 Å². The van der Waals surface area contributed by atoms with Crippen LogP contribution in [0.25, 0.3) is 0 Å². The summed E-state index contributed by atoms with van der Waals surface area (Å²) in [5, 5.41) is 0. The van der Waals surface area contributed by atoms with Crippen LogP contribution < -0.4 is 9.04 Å². The van der Waals surface area contributed by atoms with Gasteiger partial charge in [0.05, 0.1) is 30.0 Å². The SMILES string of the molecule is O=S1c2ccccc2CN1c1cncc(Oc2cccnc2)n1. The minimum absolute atomic E-state index is 0.337. The maximum atomic E-state index is 12.6. The molecule has 1 aliphatic heterocycles. The second-order valence-electron chi connectivity index (χ2n) is 4.90. The molecule has 23 heavy (non-hydrogen) atoms. The van der Waals surface area contributed by atoms with Gasteiger partial charge in [-0.15, -0.1) is 0 Å². The monoisotopic (exact) mass is 324 g/mol. The molecule has 1 unspecified atom stereocenters. The topological polar surface area (TPSA) is 68.2 Å². The summed E-state index contributed by atoms with van der Waals surface area (Å²) in [6.45, 7) is 0.536. The average molecular weight is 324 g/mol. The second-order valence-corrected chi connectivity index (χ2v) is 6.28. The Morgan fingerprint density at radius 2 is 1.96 bits per heavy atom. The highest BCUT2D eigenvalue weighted by Gasteiger charge is 2.28. The molecule has 0 fully saturated rings. The van der Waals surface area contributed by atoms with Crippen LogP contribution in [0.1, 0.15) is 5.56 Å². The fraction of sp³-hybridized carbons (Fsp3) is 0.0625. The van der Waals surface area contributed by atoms with Crippen LogP contribution in [0.4, 0.5) is 5.82 Å². The largest absolute Gasteiger partial charge is 0.436 e. The summed E-state index contributed by atoms with van der Waals surface area (Å²) >= 11 is 0. The molecule has 0 N–H and O–H groups in total. The molecule has 4 rings (SSSR count). The number of anilines is 1. The van der Waals surface area contributed by atoms with E-state index in [0.29, 0.717) is 24.0 Å². The Bertz CT molecular complexity index is 873. The van der Waals surface area contributed by atoms with E-state index >= 15 is 0 Å². The molecule has 0 amide bonds. The Hall–Kier alpha value is -2.80. The first-order valence-corrected chi connectivity index (χ1v) is 8.09. The van der Waals surface area contributed by atoms with E-state index in [4.69, 9.17) is 4.74 Å². The molecule has 114 valence electrons. The average Bonchev–Trinajstić information content (AvgIpc) is 2.93. The van der Waals surface area contributed by atoms with E-state index in [1.807, 2.05) is 24.3 Å². The van der Waals surface area contributed by atoms with Crippen LogP contribution in [0.2, 0.25) is 0 Å². The van der Waals surface area contributed by atoms with Gasteiger partial charge < -0.3 is 4.74 Å². The van der Waals surface area contributed by atoms with Crippen molar-refractivity contribution in [2.24, 2.45) is 0 Å². The summed E-state index contributed by atoms with van der Waals surface area (Å²) in [7, 11) is -1.28. The van der Waals surface area contributed by atoms with Crippen molar-refractivity contribution in [3.05, 3.63) is 66.7 Å². The number of pyridine rings is 1. The lowest BCUT2D eigenvalue weighted by Gasteiger charge is -2.15. The van der Waals surface area contributed by atoms with Crippen LogP contribution in [-0.2, 0) is 17.5 Å². The van der Waals surface area contributed by atoms with E-state index in [-0.39, 0.29) is 0 Å². The van der Waals surface area contributed by atoms with Gasteiger partial charge in [0.25, 0.3) is 0 Å². The smallest absolute Gasteiger partial charge is 0.239 e. The standard InChI is InChI=1S/C16H12N4O2S/c21-23-14-6-2-1-4-12(14)11-20(23)15-9-18-10-16(19-15)22-13-5-3-7-17-8-13/h1-10H,11H2. The van der Waals surface area contributed by atoms with Crippen molar-refractivity contribution in [2.45, 2.75) is 11.4 Å². The molecular formula is C16H12N4O2S. The highest BCUT2D eigenvalue weighted by atomic mass is 32.2. The molecular weight excluding hydrogens is 312 g/mol. The Kier molecular flexibility index (Phi) is 3.47. The Labute approximate surface area is 135 Å². The van der Waals surface area contributed by atoms with Crippen molar-refractivity contribution < 1.29 is 8.95 Å². The molecule has 1 aromatic carbocycles. The van der Waals surface area contributed by atoms with E-state index < -0.39 is 11.0 Å². The number of hydrogen-bond acceptors (Lipinski definition) is 5. The van der Waals surface area contributed by atoms with Crippen LogP contribution in [0, 0.1) is 0 Å². The second kappa shape index (κ2) is 5.77. The maximum Gasteiger partial charge on any atom is 0.239 e. The van der Waals surface area contributed by atoms with Crippen molar-refractivity contribution >= 4 is 16.8 Å². The van der Waals surface area contributed by atoms with Crippen LogP contribution in [-0.4, -0.2) is 19.2 Å².